The number of rotatable bonds is 4. The minimum absolute atomic E-state index is 0.683. The quantitative estimate of drug-likeness (QED) is 0.770. The molecule has 15 heavy (non-hydrogen) atoms. The van der Waals surface area contributed by atoms with E-state index in [2.05, 4.69) is 33.8 Å². The Morgan fingerprint density at radius 3 is 2.07 bits per heavy atom. The highest BCUT2D eigenvalue weighted by Gasteiger charge is 2.08. The topological polar surface area (TPSA) is 35.2 Å². The maximum Gasteiger partial charge on any atom is 0.125 e. The molecule has 0 aliphatic heterocycles. The van der Waals surface area contributed by atoms with Crippen LogP contribution in [-0.2, 0) is 0 Å². The van der Waals surface area contributed by atoms with Gasteiger partial charge in [0.15, 0.2) is 0 Å². The van der Waals surface area contributed by atoms with E-state index in [-0.39, 0.29) is 0 Å². The van der Waals surface area contributed by atoms with E-state index in [1.54, 1.807) is 0 Å². The lowest BCUT2D eigenvalue weighted by Crippen LogP contribution is -2.08. The van der Waals surface area contributed by atoms with Crippen molar-refractivity contribution in [2.45, 2.75) is 34.1 Å². The van der Waals surface area contributed by atoms with Crippen molar-refractivity contribution in [2.75, 3.05) is 13.2 Å². The summed E-state index contributed by atoms with van der Waals surface area (Å²) in [4.78, 5) is 0. The standard InChI is InChI=1S/C13H21NO/c1-9-8-10(2)12(4)13(11(9)3)15-7-5-6-14/h8H,5-7,14H2,1-4H3. The van der Waals surface area contributed by atoms with E-state index < -0.39 is 0 Å². The Bertz CT molecular complexity index is 319. The van der Waals surface area contributed by atoms with Gasteiger partial charge in [0, 0.05) is 0 Å². The van der Waals surface area contributed by atoms with Crippen molar-refractivity contribution in [1.82, 2.24) is 0 Å². The molecule has 1 aromatic carbocycles. The van der Waals surface area contributed by atoms with Crippen molar-refractivity contribution in [3.8, 4) is 5.75 Å². The van der Waals surface area contributed by atoms with Gasteiger partial charge in [-0.1, -0.05) is 6.07 Å². The van der Waals surface area contributed by atoms with Gasteiger partial charge in [-0.25, -0.2) is 0 Å². The van der Waals surface area contributed by atoms with Crippen molar-refractivity contribution in [3.05, 3.63) is 28.3 Å². The second kappa shape index (κ2) is 5.17. The van der Waals surface area contributed by atoms with Gasteiger partial charge in [-0.15, -0.1) is 0 Å². The van der Waals surface area contributed by atoms with Gasteiger partial charge in [-0.3, -0.25) is 0 Å². The van der Waals surface area contributed by atoms with Crippen LogP contribution in [0.5, 0.6) is 5.75 Å². The van der Waals surface area contributed by atoms with Crippen molar-refractivity contribution in [2.24, 2.45) is 5.73 Å². The zero-order valence-corrected chi connectivity index (χ0v) is 10.2. The highest BCUT2D eigenvalue weighted by molar-refractivity contribution is 5.48. The number of aryl methyl sites for hydroxylation is 2. The Labute approximate surface area is 92.4 Å². The fourth-order valence-electron chi connectivity index (χ4n) is 1.65. The van der Waals surface area contributed by atoms with E-state index in [1.165, 1.54) is 22.3 Å². The minimum atomic E-state index is 0.683. The molecule has 1 aromatic rings. The highest BCUT2D eigenvalue weighted by Crippen LogP contribution is 2.28. The van der Waals surface area contributed by atoms with Crippen molar-refractivity contribution < 1.29 is 4.74 Å². The third-order valence-corrected chi connectivity index (χ3v) is 2.89. The van der Waals surface area contributed by atoms with Crippen molar-refractivity contribution >= 4 is 0 Å². The molecular formula is C13H21NO. The summed E-state index contributed by atoms with van der Waals surface area (Å²) in [5.74, 6) is 1.04. The van der Waals surface area contributed by atoms with Crippen LogP contribution >= 0.6 is 0 Å². The molecule has 0 radical (unpaired) electrons. The Morgan fingerprint density at radius 1 is 1.07 bits per heavy atom. The van der Waals surface area contributed by atoms with Crippen LogP contribution in [0.3, 0.4) is 0 Å². The summed E-state index contributed by atoms with van der Waals surface area (Å²) in [6.45, 7) is 9.86. The van der Waals surface area contributed by atoms with E-state index >= 15 is 0 Å². The van der Waals surface area contributed by atoms with Crippen LogP contribution in [0, 0.1) is 27.7 Å². The predicted octanol–water partition coefficient (Wildman–Crippen LogP) is 2.65. The monoisotopic (exact) mass is 207 g/mol. The maximum absolute atomic E-state index is 5.79. The minimum Gasteiger partial charge on any atom is -0.493 e. The Kier molecular flexibility index (Phi) is 4.15. The lowest BCUT2D eigenvalue weighted by atomic mass is 10.0. The lowest BCUT2D eigenvalue weighted by Gasteiger charge is -2.15. The van der Waals surface area contributed by atoms with Gasteiger partial charge >= 0.3 is 0 Å². The molecule has 0 amide bonds. The van der Waals surface area contributed by atoms with E-state index in [1.807, 2.05) is 0 Å². The smallest absolute Gasteiger partial charge is 0.125 e. The van der Waals surface area contributed by atoms with E-state index in [9.17, 15) is 0 Å². The normalized spacial score (nSPS) is 10.5. The van der Waals surface area contributed by atoms with Gasteiger partial charge in [0.05, 0.1) is 6.61 Å². The lowest BCUT2D eigenvalue weighted by molar-refractivity contribution is 0.309. The Balaban J connectivity index is 2.94. The van der Waals surface area contributed by atoms with Gasteiger partial charge in [-0.2, -0.15) is 0 Å². The first kappa shape index (κ1) is 12.1. The zero-order chi connectivity index (χ0) is 11.4. The maximum atomic E-state index is 5.79. The summed E-state index contributed by atoms with van der Waals surface area (Å²) >= 11 is 0. The summed E-state index contributed by atoms with van der Waals surface area (Å²) in [6, 6.07) is 2.21. The van der Waals surface area contributed by atoms with Crippen molar-refractivity contribution in [3.63, 3.8) is 0 Å². The number of hydrogen-bond donors (Lipinski definition) is 1. The Hall–Kier alpha value is -1.02. The number of nitrogens with two attached hydrogens (primary N) is 1. The summed E-state index contributed by atoms with van der Waals surface area (Å²) in [6.07, 6.45) is 0.909. The van der Waals surface area contributed by atoms with Crippen LogP contribution in [0.1, 0.15) is 28.7 Å². The van der Waals surface area contributed by atoms with E-state index in [0.29, 0.717) is 13.2 Å². The van der Waals surface area contributed by atoms with Crippen LogP contribution < -0.4 is 10.5 Å². The molecule has 0 atom stereocenters. The molecule has 2 heteroatoms. The summed E-state index contributed by atoms with van der Waals surface area (Å²) in [5, 5.41) is 0. The van der Waals surface area contributed by atoms with E-state index in [4.69, 9.17) is 10.5 Å². The van der Waals surface area contributed by atoms with Crippen LogP contribution in [-0.4, -0.2) is 13.2 Å². The second-order valence-electron chi connectivity index (χ2n) is 4.08. The first-order valence-electron chi connectivity index (χ1n) is 5.48. The molecular weight excluding hydrogens is 186 g/mol. The largest absolute Gasteiger partial charge is 0.493 e. The fraction of sp³-hybridized carbons (Fsp3) is 0.538. The van der Waals surface area contributed by atoms with Crippen LogP contribution in [0.4, 0.5) is 0 Å². The van der Waals surface area contributed by atoms with Gasteiger partial charge in [-0.05, 0) is 62.9 Å². The molecule has 0 unspecified atom stereocenters. The third kappa shape index (κ3) is 2.72. The molecule has 0 aromatic heterocycles. The molecule has 2 N–H and O–H groups in total. The first-order valence-corrected chi connectivity index (χ1v) is 5.48. The van der Waals surface area contributed by atoms with E-state index in [0.717, 1.165) is 12.2 Å². The zero-order valence-electron chi connectivity index (χ0n) is 10.2. The number of benzene rings is 1. The van der Waals surface area contributed by atoms with Gasteiger partial charge in [0.1, 0.15) is 5.75 Å². The fourth-order valence-corrected chi connectivity index (χ4v) is 1.65. The molecule has 0 saturated heterocycles. The molecule has 84 valence electrons. The summed E-state index contributed by atoms with van der Waals surface area (Å²) in [7, 11) is 0. The molecule has 0 fully saturated rings. The molecule has 0 saturated carbocycles. The number of hydrogen-bond acceptors (Lipinski definition) is 2. The van der Waals surface area contributed by atoms with Gasteiger partial charge in [0.25, 0.3) is 0 Å². The predicted molar refractivity (Wildman–Crippen MR) is 64.6 cm³/mol. The summed E-state index contributed by atoms with van der Waals surface area (Å²) in [5.41, 5.74) is 10.5. The van der Waals surface area contributed by atoms with Crippen LogP contribution in [0.2, 0.25) is 0 Å². The molecule has 2 nitrogen and oxygen atoms in total. The molecule has 0 aliphatic rings. The molecule has 0 spiro atoms. The molecule has 0 heterocycles. The molecule has 1 rings (SSSR count). The van der Waals surface area contributed by atoms with Crippen LogP contribution in [0.15, 0.2) is 6.07 Å². The first-order chi connectivity index (χ1) is 7.07. The van der Waals surface area contributed by atoms with Gasteiger partial charge < -0.3 is 10.5 Å². The van der Waals surface area contributed by atoms with Crippen LogP contribution in [0.25, 0.3) is 0 Å². The second-order valence-corrected chi connectivity index (χ2v) is 4.08. The average Bonchev–Trinajstić information content (AvgIpc) is 2.20. The molecule has 0 bridgehead atoms. The summed E-state index contributed by atoms with van der Waals surface area (Å²) < 4.78 is 5.79. The average molecular weight is 207 g/mol. The highest BCUT2D eigenvalue weighted by atomic mass is 16.5. The van der Waals surface area contributed by atoms with Crippen molar-refractivity contribution in [1.29, 1.82) is 0 Å². The SMILES string of the molecule is Cc1cc(C)c(C)c(OCCCN)c1C. The van der Waals surface area contributed by atoms with Gasteiger partial charge in [0.2, 0.25) is 0 Å². The third-order valence-electron chi connectivity index (χ3n) is 2.89. The number of ether oxygens (including phenoxy) is 1. The molecule has 0 aliphatic carbocycles. The Morgan fingerprint density at radius 2 is 1.60 bits per heavy atom.